The fourth-order valence-electron chi connectivity index (χ4n) is 2.09. The van der Waals surface area contributed by atoms with Crippen LogP contribution in [0.4, 0.5) is 0 Å². The minimum absolute atomic E-state index is 0.966. The molecule has 2 heterocycles. The van der Waals surface area contributed by atoms with Gasteiger partial charge >= 0.3 is 0 Å². The van der Waals surface area contributed by atoms with Crippen LogP contribution in [0.2, 0.25) is 0 Å². The lowest BCUT2D eigenvalue weighted by atomic mass is 10.1. The van der Waals surface area contributed by atoms with Crippen LogP contribution in [0.15, 0.2) is 51.5 Å². The van der Waals surface area contributed by atoms with Crippen LogP contribution in [-0.4, -0.2) is 9.38 Å². The molecule has 0 bridgehead atoms. The second kappa shape index (κ2) is 4.52. The van der Waals surface area contributed by atoms with Gasteiger partial charge in [-0.1, -0.05) is 28.1 Å². The SMILES string of the molecule is Cc1nc2ccc(Br)cn2c1-c1ccc(Br)cc1. The zero-order chi connectivity index (χ0) is 12.7. The molecule has 0 saturated carbocycles. The summed E-state index contributed by atoms with van der Waals surface area (Å²) in [6.07, 6.45) is 2.05. The van der Waals surface area contributed by atoms with Crippen molar-refractivity contribution in [1.82, 2.24) is 9.38 Å². The normalized spacial score (nSPS) is 11.1. The van der Waals surface area contributed by atoms with Crippen molar-refractivity contribution < 1.29 is 0 Å². The Morgan fingerprint density at radius 2 is 1.61 bits per heavy atom. The Hall–Kier alpha value is -1.13. The molecule has 0 amide bonds. The first-order valence-corrected chi connectivity index (χ1v) is 7.14. The summed E-state index contributed by atoms with van der Waals surface area (Å²) in [5, 5.41) is 0. The van der Waals surface area contributed by atoms with Gasteiger partial charge < -0.3 is 0 Å². The Kier molecular flexibility index (Phi) is 2.99. The van der Waals surface area contributed by atoms with Gasteiger partial charge in [0, 0.05) is 20.7 Å². The van der Waals surface area contributed by atoms with E-state index in [1.165, 1.54) is 5.56 Å². The highest BCUT2D eigenvalue weighted by Crippen LogP contribution is 2.27. The third kappa shape index (κ3) is 1.99. The molecule has 2 nitrogen and oxygen atoms in total. The number of pyridine rings is 1. The average Bonchev–Trinajstić information content (AvgIpc) is 2.66. The lowest BCUT2D eigenvalue weighted by Crippen LogP contribution is -1.89. The van der Waals surface area contributed by atoms with Crippen molar-refractivity contribution in [1.29, 1.82) is 0 Å². The molecule has 2 aromatic heterocycles. The number of halogens is 2. The van der Waals surface area contributed by atoms with Gasteiger partial charge in [-0.3, -0.25) is 4.40 Å². The Balaban J connectivity index is 2.30. The molecule has 0 N–H and O–H groups in total. The topological polar surface area (TPSA) is 17.3 Å². The van der Waals surface area contributed by atoms with E-state index in [1.54, 1.807) is 0 Å². The van der Waals surface area contributed by atoms with Gasteiger partial charge in [0.1, 0.15) is 5.65 Å². The molecule has 90 valence electrons. The van der Waals surface area contributed by atoms with E-state index in [2.05, 4.69) is 53.4 Å². The molecule has 0 aliphatic carbocycles. The van der Waals surface area contributed by atoms with Gasteiger partial charge in [0.25, 0.3) is 0 Å². The number of benzene rings is 1. The molecule has 1 aromatic carbocycles. The van der Waals surface area contributed by atoms with Crippen molar-refractivity contribution in [3.05, 3.63) is 57.2 Å². The summed E-state index contributed by atoms with van der Waals surface area (Å²) in [4.78, 5) is 4.58. The van der Waals surface area contributed by atoms with Crippen molar-refractivity contribution >= 4 is 37.5 Å². The minimum Gasteiger partial charge on any atom is -0.298 e. The quantitative estimate of drug-likeness (QED) is 0.603. The van der Waals surface area contributed by atoms with E-state index >= 15 is 0 Å². The fraction of sp³-hybridized carbons (Fsp3) is 0.0714. The molecule has 0 spiro atoms. The van der Waals surface area contributed by atoms with Crippen LogP contribution in [0.5, 0.6) is 0 Å². The van der Waals surface area contributed by atoms with Crippen LogP contribution < -0.4 is 0 Å². The van der Waals surface area contributed by atoms with Gasteiger partial charge in [-0.25, -0.2) is 4.98 Å². The predicted octanol–water partition coefficient (Wildman–Crippen LogP) is 4.83. The molecule has 4 heteroatoms. The summed E-state index contributed by atoms with van der Waals surface area (Å²) < 4.78 is 4.24. The molecule has 0 atom stereocenters. The monoisotopic (exact) mass is 364 g/mol. The number of aromatic nitrogens is 2. The van der Waals surface area contributed by atoms with Crippen molar-refractivity contribution in [2.24, 2.45) is 0 Å². The van der Waals surface area contributed by atoms with Gasteiger partial charge in [0.2, 0.25) is 0 Å². The predicted molar refractivity (Wildman–Crippen MR) is 80.8 cm³/mol. The van der Waals surface area contributed by atoms with Crippen LogP contribution in [-0.2, 0) is 0 Å². The number of fused-ring (bicyclic) bond motifs is 1. The summed E-state index contributed by atoms with van der Waals surface area (Å²) in [7, 11) is 0. The van der Waals surface area contributed by atoms with E-state index in [1.807, 2.05) is 37.4 Å². The number of imidazole rings is 1. The first kappa shape index (κ1) is 11.9. The third-order valence-corrected chi connectivity index (χ3v) is 3.87. The molecule has 0 saturated heterocycles. The molecule has 0 unspecified atom stereocenters. The average molecular weight is 366 g/mol. The van der Waals surface area contributed by atoms with Crippen molar-refractivity contribution in [3.63, 3.8) is 0 Å². The Morgan fingerprint density at radius 1 is 0.944 bits per heavy atom. The van der Waals surface area contributed by atoms with Gasteiger partial charge in [0.15, 0.2) is 0 Å². The molecule has 0 radical (unpaired) electrons. The van der Waals surface area contributed by atoms with Crippen molar-refractivity contribution in [3.8, 4) is 11.3 Å². The smallest absolute Gasteiger partial charge is 0.137 e. The second-order valence-corrected chi connectivity index (χ2v) is 5.96. The summed E-state index contributed by atoms with van der Waals surface area (Å²) >= 11 is 6.96. The molecule has 0 fully saturated rings. The summed E-state index contributed by atoms with van der Waals surface area (Å²) in [6.45, 7) is 2.04. The van der Waals surface area contributed by atoms with Crippen molar-refractivity contribution in [2.45, 2.75) is 6.92 Å². The molecule has 18 heavy (non-hydrogen) atoms. The van der Waals surface area contributed by atoms with Crippen LogP contribution in [0.25, 0.3) is 16.9 Å². The lowest BCUT2D eigenvalue weighted by Gasteiger charge is -2.04. The molecule has 3 aromatic rings. The van der Waals surface area contributed by atoms with E-state index in [-0.39, 0.29) is 0 Å². The van der Waals surface area contributed by atoms with E-state index in [0.29, 0.717) is 0 Å². The van der Waals surface area contributed by atoms with E-state index in [4.69, 9.17) is 0 Å². The molecule has 0 aliphatic rings. The van der Waals surface area contributed by atoms with E-state index in [9.17, 15) is 0 Å². The van der Waals surface area contributed by atoms with Crippen LogP contribution >= 0.6 is 31.9 Å². The van der Waals surface area contributed by atoms with Gasteiger partial charge in [-0.05, 0) is 47.1 Å². The maximum atomic E-state index is 4.58. The van der Waals surface area contributed by atoms with Gasteiger partial charge in [-0.2, -0.15) is 0 Å². The van der Waals surface area contributed by atoms with Gasteiger partial charge in [-0.15, -0.1) is 0 Å². The number of hydrogen-bond donors (Lipinski definition) is 0. The Morgan fingerprint density at radius 3 is 2.33 bits per heavy atom. The summed E-state index contributed by atoms with van der Waals surface area (Å²) in [6, 6.07) is 12.3. The Bertz CT molecular complexity index is 714. The fourth-order valence-corrected chi connectivity index (χ4v) is 2.69. The number of rotatable bonds is 1. The zero-order valence-corrected chi connectivity index (χ0v) is 12.9. The lowest BCUT2D eigenvalue weighted by molar-refractivity contribution is 1.18. The number of hydrogen-bond acceptors (Lipinski definition) is 1. The van der Waals surface area contributed by atoms with Crippen LogP contribution in [0.3, 0.4) is 0 Å². The molecule has 3 rings (SSSR count). The second-order valence-electron chi connectivity index (χ2n) is 4.13. The highest BCUT2D eigenvalue weighted by molar-refractivity contribution is 9.10. The molecular formula is C14H10Br2N2. The first-order valence-electron chi connectivity index (χ1n) is 5.55. The van der Waals surface area contributed by atoms with E-state index in [0.717, 1.165) is 26.0 Å². The number of aryl methyl sites for hydroxylation is 1. The summed E-state index contributed by atoms with van der Waals surface area (Å²) in [5.74, 6) is 0. The maximum absolute atomic E-state index is 4.58. The van der Waals surface area contributed by atoms with Crippen molar-refractivity contribution in [2.75, 3.05) is 0 Å². The Labute approximate surface area is 122 Å². The maximum Gasteiger partial charge on any atom is 0.137 e. The van der Waals surface area contributed by atoms with Crippen LogP contribution in [0.1, 0.15) is 5.69 Å². The number of nitrogens with zero attached hydrogens (tertiary/aromatic N) is 2. The molecular weight excluding hydrogens is 356 g/mol. The van der Waals surface area contributed by atoms with Gasteiger partial charge in [0.05, 0.1) is 11.4 Å². The van der Waals surface area contributed by atoms with E-state index < -0.39 is 0 Å². The first-order chi connectivity index (χ1) is 8.65. The zero-order valence-electron chi connectivity index (χ0n) is 9.69. The third-order valence-electron chi connectivity index (χ3n) is 2.87. The van der Waals surface area contributed by atoms with Crippen LogP contribution in [0, 0.1) is 6.92 Å². The highest BCUT2D eigenvalue weighted by Gasteiger charge is 2.10. The minimum atomic E-state index is 0.966. The highest BCUT2D eigenvalue weighted by atomic mass is 79.9. The standard InChI is InChI=1S/C14H10Br2N2/c1-9-14(10-2-4-11(15)5-3-10)18-8-12(16)6-7-13(18)17-9/h2-8H,1H3. The molecule has 0 aliphatic heterocycles. The largest absolute Gasteiger partial charge is 0.298 e. The summed E-state index contributed by atoms with van der Waals surface area (Å²) in [5.41, 5.74) is 4.31.